The van der Waals surface area contributed by atoms with Gasteiger partial charge in [-0.2, -0.15) is 5.10 Å². The summed E-state index contributed by atoms with van der Waals surface area (Å²) in [5.41, 5.74) is 3.38. The second kappa shape index (κ2) is 9.43. The van der Waals surface area contributed by atoms with Crippen LogP contribution in [0, 0.1) is 17.0 Å². The molecule has 0 spiro atoms. The second-order valence-corrected chi connectivity index (χ2v) is 6.98. The normalized spacial score (nSPS) is 10.9. The highest BCUT2D eigenvalue weighted by Gasteiger charge is 2.16. The number of nitrogens with one attached hydrogen (secondary N) is 1. The lowest BCUT2D eigenvalue weighted by Crippen LogP contribution is -2.24. The van der Waals surface area contributed by atoms with Crippen LogP contribution in [0.3, 0.4) is 0 Å². The van der Waals surface area contributed by atoms with Crippen LogP contribution in [-0.4, -0.2) is 23.7 Å². The van der Waals surface area contributed by atoms with Crippen LogP contribution in [-0.2, 0) is 4.79 Å². The van der Waals surface area contributed by atoms with Gasteiger partial charge in [-0.1, -0.05) is 29.3 Å². The maximum Gasteiger partial charge on any atom is 0.311 e. The summed E-state index contributed by atoms with van der Waals surface area (Å²) in [6.07, 6.45) is 1.30. The molecule has 0 aliphatic rings. The number of hydrogen-bond acceptors (Lipinski definition) is 6. The molecule has 1 N–H and O–H groups in total. The Kier molecular flexibility index (Phi) is 6.71. The largest absolute Gasteiger partial charge is 0.477 e. The summed E-state index contributed by atoms with van der Waals surface area (Å²) in [7, 11) is 0. The number of nitro groups is 1. The first-order chi connectivity index (χ1) is 14.3. The van der Waals surface area contributed by atoms with Crippen LogP contribution in [0.2, 0.25) is 10.0 Å². The van der Waals surface area contributed by atoms with E-state index in [2.05, 4.69) is 10.5 Å². The summed E-state index contributed by atoms with van der Waals surface area (Å²) in [5.74, 6) is 0.270. The van der Waals surface area contributed by atoms with Crippen molar-refractivity contribution in [2.75, 3.05) is 6.61 Å². The minimum atomic E-state index is -0.592. The summed E-state index contributed by atoms with van der Waals surface area (Å²) in [4.78, 5) is 22.4. The first-order valence-corrected chi connectivity index (χ1v) is 9.34. The fourth-order valence-corrected chi connectivity index (χ4v) is 2.87. The standard InChI is InChI=1S/C20H15Cl2N3O5/c1-12-2-6-19(17(8-12)25(27)28)29-11-20(26)24-23-10-14-4-7-18(30-14)15-9-13(21)3-5-16(15)22/h2-10H,11H2,1H3,(H,24,26). The Morgan fingerprint density at radius 3 is 2.80 bits per heavy atom. The number of furan rings is 1. The first-order valence-electron chi connectivity index (χ1n) is 8.58. The molecule has 1 amide bonds. The van der Waals surface area contributed by atoms with Gasteiger partial charge in [0.2, 0.25) is 0 Å². The molecule has 2 aromatic carbocycles. The highest BCUT2D eigenvalue weighted by molar-refractivity contribution is 6.35. The molecule has 0 saturated carbocycles. The molecule has 0 unspecified atom stereocenters. The number of ether oxygens (including phenoxy) is 1. The van der Waals surface area contributed by atoms with Crippen LogP contribution >= 0.6 is 23.2 Å². The summed E-state index contributed by atoms with van der Waals surface area (Å²) in [5, 5.41) is 15.8. The van der Waals surface area contributed by atoms with Crippen LogP contribution < -0.4 is 10.2 Å². The van der Waals surface area contributed by atoms with Gasteiger partial charge < -0.3 is 9.15 Å². The molecule has 0 saturated heterocycles. The molecule has 10 heteroatoms. The average molecular weight is 448 g/mol. The van der Waals surface area contributed by atoms with Gasteiger partial charge in [0.15, 0.2) is 12.4 Å². The monoisotopic (exact) mass is 447 g/mol. The number of carbonyl (C=O) groups excluding carboxylic acids is 1. The number of rotatable bonds is 7. The molecule has 0 aliphatic carbocycles. The number of hydrogen-bond donors (Lipinski definition) is 1. The number of carbonyl (C=O) groups is 1. The maximum atomic E-state index is 11.9. The van der Waals surface area contributed by atoms with E-state index in [0.717, 1.165) is 0 Å². The molecule has 0 fully saturated rings. The van der Waals surface area contributed by atoms with Crippen molar-refractivity contribution in [2.24, 2.45) is 5.10 Å². The SMILES string of the molecule is Cc1ccc(OCC(=O)NN=Cc2ccc(-c3cc(Cl)ccc3Cl)o2)c([N+](=O)[O-])c1. The van der Waals surface area contributed by atoms with E-state index in [1.165, 1.54) is 18.3 Å². The Morgan fingerprint density at radius 2 is 2.03 bits per heavy atom. The van der Waals surface area contributed by atoms with Gasteiger partial charge in [-0.3, -0.25) is 14.9 Å². The smallest absolute Gasteiger partial charge is 0.311 e. The predicted molar refractivity (Wildman–Crippen MR) is 113 cm³/mol. The maximum absolute atomic E-state index is 11.9. The number of hydrazone groups is 1. The van der Waals surface area contributed by atoms with Crippen molar-refractivity contribution in [3.8, 4) is 17.1 Å². The van der Waals surface area contributed by atoms with E-state index in [-0.39, 0.29) is 11.4 Å². The number of benzene rings is 2. The minimum Gasteiger partial charge on any atom is -0.477 e. The highest BCUT2D eigenvalue weighted by Crippen LogP contribution is 2.31. The zero-order chi connectivity index (χ0) is 21.7. The molecule has 1 heterocycles. The Labute approximate surface area is 181 Å². The summed E-state index contributed by atoms with van der Waals surface area (Å²) >= 11 is 12.1. The Balaban J connectivity index is 1.58. The average Bonchev–Trinajstić information content (AvgIpc) is 3.17. The number of aryl methyl sites for hydroxylation is 1. The van der Waals surface area contributed by atoms with Crippen LogP contribution in [0.25, 0.3) is 11.3 Å². The van der Waals surface area contributed by atoms with Gasteiger partial charge in [0.25, 0.3) is 5.91 Å². The number of amides is 1. The predicted octanol–water partition coefficient (Wildman–Crippen LogP) is 5.00. The number of nitrogens with zero attached hydrogens (tertiary/aromatic N) is 2. The zero-order valence-corrected chi connectivity index (χ0v) is 17.1. The number of halogens is 2. The molecule has 0 bridgehead atoms. The molecule has 3 rings (SSSR count). The van der Waals surface area contributed by atoms with Gasteiger partial charge in [0.05, 0.1) is 16.2 Å². The van der Waals surface area contributed by atoms with Crippen LogP contribution in [0.15, 0.2) is 58.0 Å². The van der Waals surface area contributed by atoms with E-state index < -0.39 is 17.4 Å². The fourth-order valence-electron chi connectivity index (χ4n) is 2.49. The van der Waals surface area contributed by atoms with Crippen LogP contribution in [0.5, 0.6) is 5.75 Å². The molecule has 154 valence electrons. The third kappa shape index (κ3) is 5.37. The summed E-state index contributed by atoms with van der Waals surface area (Å²) in [6.45, 7) is 1.28. The quantitative estimate of drug-likeness (QED) is 0.311. The van der Waals surface area contributed by atoms with Crippen molar-refractivity contribution in [1.29, 1.82) is 0 Å². The molecule has 1 aromatic heterocycles. The van der Waals surface area contributed by atoms with Crippen molar-refractivity contribution in [3.63, 3.8) is 0 Å². The van der Waals surface area contributed by atoms with Gasteiger partial charge in [0, 0.05) is 16.7 Å². The summed E-state index contributed by atoms with van der Waals surface area (Å²) < 4.78 is 10.8. The molecule has 0 atom stereocenters. The highest BCUT2D eigenvalue weighted by atomic mass is 35.5. The lowest BCUT2D eigenvalue weighted by atomic mass is 10.2. The first kappa shape index (κ1) is 21.4. The van der Waals surface area contributed by atoms with Crippen molar-refractivity contribution < 1.29 is 18.9 Å². The van der Waals surface area contributed by atoms with Crippen molar-refractivity contribution in [1.82, 2.24) is 5.43 Å². The third-order valence-electron chi connectivity index (χ3n) is 3.87. The van der Waals surface area contributed by atoms with Crippen LogP contribution in [0.4, 0.5) is 5.69 Å². The van der Waals surface area contributed by atoms with Gasteiger partial charge in [-0.15, -0.1) is 0 Å². The lowest BCUT2D eigenvalue weighted by Gasteiger charge is -2.06. The van der Waals surface area contributed by atoms with Gasteiger partial charge in [-0.05, 0) is 48.9 Å². The lowest BCUT2D eigenvalue weighted by molar-refractivity contribution is -0.385. The van der Waals surface area contributed by atoms with E-state index in [1.807, 2.05) is 0 Å². The molecule has 0 radical (unpaired) electrons. The Hall–Kier alpha value is -3.36. The van der Waals surface area contributed by atoms with E-state index in [1.54, 1.807) is 43.3 Å². The Morgan fingerprint density at radius 1 is 1.23 bits per heavy atom. The minimum absolute atomic E-state index is 0.00111. The molecular weight excluding hydrogens is 433 g/mol. The third-order valence-corrected chi connectivity index (χ3v) is 4.44. The van der Waals surface area contributed by atoms with Gasteiger partial charge in [0.1, 0.15) is 11.5 Å². The van der Waals surface area contributed by atoms with Crippen molar-refractivity contribution >= 4 is 41.0 Å². The van der Waals surface area contributed by atoms with Crippen molar-refractivity contribution in [3.05, 3.63) is 80.0 Å². The van der Waals surface area contributed by atoms with Gasteiger partial charge in [-0.25, -0.2) is 5.43 Å². The van der Waals surface area contributed by atoms with E-state index in [4.69, 9.17) is 32.4 Å². The van der Waals surface area contributed by atoms with E-state index in [0.29, 0.717) is 32.7 Å². The van der Waals surface area contributed by atoms with Gasteiger partial charge >= 0.3 is 5.69 Å². The summed E-state index contributed by atoms with van der Waals surface area (Å²) in [6, 6.07) is 12.8. The van der Waals surface area contributed by atoms with E-state index in [9.17, 15) is 14.9 Å². The molecule has 8 nitrogen and oxygen atoms in total. The van der Waals surface area contributed by atoms with Crippen molar-refractivity contribution in [2.45, 2.75) is 6.92 Å². The second-order valence-electron chi connectivity index (χ2n) is 6.14. The Bertz CT molecular complexity index is 1130. The molecule has 0 aliphatic heterocycles. The molecule has 3 aromatic rings. The molecule has 30 heavy (non-hydrogen) atoms. The zero-order valence-electron chi connectivity index (χ0n) is 15.6. The van der Waals surface area contributed by atoms with Crippen LogP contribution in [0.1, 0.15) is 11.3 Å². The number of nitro benzene ring substituents is 1. The molecular formula is C20H15Cl2N3O5. The fraction of sp³-hybridized carbons (Fsp3) is 0.100. The van der Waals surface area contributed by atoms with E-state index >= 15 is 0 Å². The topological polar surface area (TPSA) is 107 Å².